The van der Waals surface area contributed by atoms with Gasteiger partial charge in [0.15, 0.2) is 5.82 Å². The lowest BCUT2D eigenvalue weighted by atomic mass is 10.2. The fraction of sp³-hybridized carbons (Fsp3) is 0.758. The molecular weight excluding hydrogens is 752 g/mol. The number of ether oxygens (including phenoxy) is 3. The lowest BCUT2D eigenvalue weighted by molar-refractivity contribution is -0.0496. The van der Waals surface area contributed by atoms with Crippen molar-refractivity contribution in [1.29, 1.82) is 10.5 Å². The number of carbonyl (C=O) groups excluding carboxylic acids is 2. The van der Waals surface area contributed by atoms with Gasteiger partial charge in [0.2, 0.25) is 0 Å². The van der Waals surface area contributed by atoms with Crippen molar-refractivity contribution in [1.82, 2.24) is 9.55 Å². The van der Waals surface area contributed by atoms with Gasteiger partial charge in [-0.3, -0.25) is 31.7 Å². The van der Waals surface area contributed by atoms with E-state index in [0.29, 0.717) is 24.2 Å². The molecule has 0 N–H and O–H groups in total. The standard InChI is InChI=1S/C33H53N5O14P2/c1-9-11-19-44-53(42,45-21-13-16-34)48-24-26-25(52-54(43,46-20-12-10-2)47-22-14-17-35)23-28(49-26)37-18-15-27(36-29(37)39)38(30(40)50-32(3,4)5)31(41)51-33(6,7)8/h15,18,25-26,28H,9-14,19-24H2,1-8H3/t25-,26+,28+,53?,54?/m0/s1. The van der Waals surface area contributed by atoms with Gasteiger partial charge in [-0.05, 0) is 60.5 Å². The molecule has 0 saturated carbocycles. The summed E-state index contributed by atoms with van der Waals surface area (Å²) in [5, 5.41) is 17.9. The van der Waals surface area contributed by atoms with Crippen LogP contribution in [-0.2, 0) is 50.5 Å². The van der Waals surface area contributed by atoms with E-state index in [1.807, 2.05) is 26.0 Å². The monoisotopic (exact) mass is 805 g/mol. The number of rotatable bonds is 21. The molecule has 54 heavy (non-hydrogen) atoms. The van der Waals surface area contributed by atoms with Crippen molar-refractivity contribution in [2.75, 3.05) is 37.9 Å². The summed E-state index contributed by atoms with van der Waals surface area (Å²) in [5.41, 5.74) is -3.00. The molecule has 1 aliphatic rings. The molecule has 1 aromatic rings. The normalized spacial score (nSPS) is 19.6. The van der Waals surface area contributed by atoms with Crippen LogP contribution in [0.3, 0.4) is 0 Å². The molecule has 19 nitrogen and oxygen atoms in total. The minimum Gasteiger partial charge on any atom is -0.443 e. The number of anilines is 1. The molecule has 304 valence electrons. The summed E-state index contributed by atoms with van der Waals surface area (Å²) in [6, 6.07) is 4.96. The number of phosphoric acid groups is 2. The van der Waals surface area contributed by atoms with Gasteiger partial charge < -0.3 is 14.2 Å². The quantitative estimate of drug-likeness (QED) is 0.0873. The number of carbonyl (C=O) groups is 2. The highest BCUT2D eigenvalue weighted by molar-refractivity contribution is 7.48. The minimum atomic E-state index is -4.35. The molecule has 1 saturated heterocycles. The third-order valence-corrected chi connectivity index (χ3v) is 9.76. The first kappa shape index (κ1) is 46.9. The second-order valence-corrected chi connectivity index (χ2v) is 17.1. The number of hydrogen-bond acceptors (Lipinski definition) is 17. The van der Waals surface area contributed by atoms with Crippen LogP contribution in [0, 0.1) is 22.7 Å². The van der Waals surface area contributed by atoms with Crippen LogP contribution in [0.15, 0.2) is 17.1 Å². The second-order valence-electron chi connectivity index (χ2n) is 13.8. The van der Waals surface area contributed by atoms with Crippen molar-refractivity contribution in [3.63, 3.8) is 0 Å². The molecule has 0 bridgehead atoms. The first-order valence-corrected chi connectivity index (χ1v) is 20.6. The number of nitriles is 2. The van der Waals surface area contributed by atoms with Gasteiger partial charge in [-0.2, -0.15) is 20.4 Å². The van der Waals surface area contributed by atoms with Crippen LogP contribution in [0.2, 0.25) is 0 Å². The van der Waals surface area contributed by atoms with Crippen LogP contribution < -0.4 is 10.6 Å². The molecule has 2 unspecified atom stereocenters. The lowest BCUT2D eigenvalue weighted by Gasteiger charge is -2.28. The molecule has 21 heteroatoms. The minimum absolute atomic E-state index is 0.00233. The predicted molar refractivity (Wildman–Crippen MR) is 192 cm³/mol. The van der Waals surface area contributed by atoms with Crippen molar-refractivity contribution >= 4 is 33.6 Å². The van der Waals surface area contributed by atoms with E-state index in [2.05, 4.69) is 4.98 Å². The highest BCUT2D eigenvalue weighted by Gasteiger charge is 2.45. The van der Waals surface area contributed by atoms with Gasteiger partial charge in [0, 0.05) is 12.6 Å². The van der Waals surface area contributed by atoms with Crippen molar-refractivity contribution in [3.05, 3.63) is 22.7 Å². The number of nitrogens with zero attached hydrogens (tertiary/aromatic N) is 5. The molecule has 0 aliphatic carbocycles. The highest BCUT2D eigenvalue weighted by atomic mass is 31.2. The largest absolute Gasteiger partial charge is 0.475 e. The van der Waals surface area contributed by atoms with E-state index in [1.54, 1.807) is 41.5 Å². The number of phosphoric ester groups is 2. The number of amides is 2. The van der Waals surface area contributed by atoms with E-state index >= 15 is 0 Å². The van der Waals surface area contributed by atoms with Gasteiger partial charge in [-0.15, -0.1) is 0 Å². The summed E-state index contributed by atoms with van der Waals surface area (Å²) in [6.07, 6.45) is -2.57. The molecule has 2 amide bonds. The van der Waals surface area contributed by atoms with Crippen LogP contribution in [-0.4, -0.2) is 78.2 Å². The molecule has 1 aromatic heterocycles. The third kappa shape index (κ3) is 16.3. The summed E-state index contributed by atoms with van der Waals surface area (Å²) in [5.74, 6) is -0.398. The van der Waals surface area contributed by atoms with Crippen LogP contribution in [0.4, 0.5) is 15.4 Å². The zero-order chi connectivity index (χ0) is 40.6. The Morgan fingerprint density at radius 2 is 1.37 bits per heavy atom. The van der Waals surface area contributed by atoms with Gasteiger partial charge in [-0.25, -0.2) is 23.5 Å². The summed E-state index contributed by atoms with van der Waals surface area (Å²) in [4.78, 5) is 44.2. The Morgan fingerprint density at radius 1 is 0.870 bits per heavy atom. The van der Waals surface area contributed by atoms with E-state index in [9.17, 15) is 23.5 Å². The van der Waals surface area contributed by atoms with E-state index in [1.165, 1.54) is 12.3 Å². The van der Waals surface area contributed by atoms with Gasteiger partial charge in [0.1, 0.15) is 29.6 Å². The van der Waals surface area contributed by atoms with Gasteiger partial charge >= 0.3 is 33.5 Å². The zero-order valence-corrected chi connectivity index (χ0v) is 34.0. The molecule has 5 atom stereocenters. The Labute approximate surface area is 316 Å². The average molecular weight is 806 g/mol. The maximum Gasteiger partial charge on any atom is 0.475 e. The molecule has 0 spiro atoms. The molecule has 2 rings (SSSR count). The Balaban J connectivity index is 2.51. The van der Waals surface area contributed by atoms with Crippen LogP contribution >= 0.6 is 15.6 Å². The summed E-state index contributed by atoms with van der Waals surface area (Å²) < 4.78 is 78.4. The lowest BCUT2D eigenvalue weighted by Crippen LogP contribution is -2.45. The molecule has 0 radical (unpaired) electrons. The zero-order valence-electron chi connectivity index (χ0n) is 32.2. The first-order chi connectivity index (χ1) is 25.3. The number of unbranched alkanes of at least 4 members (excludes halogenated alkanes) is 2. The molecule has 2 heterocycles. The van der Waals surface area contributed by atoms with Gasteiger partial charge in [-0.1, -0.05) is 26.7 Å². The van der Waals surface area contributed by atoms with E-state index in [4.69, 9.17) is 51.9 Å². The third-order valence-electron chi connectivity index (χ3n) is 6.77. The van der Waals surface area contributed by atoms with Gasteiger partial charge in [0.25, 0.3) is 0 Å². The molecule has 1 aliphatic heterocycles. The predicted octanol–water partition coefficient (Wildman–Crippen LogP) is 7.32. The van der Waals surface area contributed by atoms with Crippen LogP contribution in [0.5, 0.6) is 0 Å². The number of imide groups is 1. The Bertz CT molecular complexity index is 1590. The second kappa shape index (κ2) is 21.8. The van der Waals surface area contributed by atoms with Crippen LogP contribution in [0.25, 0.3) is 0 Å². The van der Waals surface area contributed by atoms with Crippen LogP contribution in [0.1, 0.15) is 107 Å². The fourth-order valence-corrected chi connectivity index (χ4v) is 6.98. The number of aromatic nitrogens is 2. The summed E-state index contributed by atoms with van der Waals surface area (Å²) >= 11 is 0. The topological polar surface area (TPSA) is 237 Å². The highest BCUT2D eigenvalue weighted by Crippen LogP contribution is 2.54. The van der Waals surface area contributed by atoms with Crippen molar-refractivity contribution < 1.29 is 60.1 Å². The van der Waals surface area contributed by atoms with Gasteiger partial charge in [0.05, 0.1) is 58.0 Å². The van der Waals surface area contributed by atoms with Crippen molar-refractivity contribution in [2.45, 2.75) is 130 Å². The maximum absolute atomic E-state index is 13.8. The van der Waals surface area contributed by atoms with E-state index in [-0.39, 0.29) is 45.7 Å². The average Bonchev–Trinajstić information content (AvgIpc) is 3.44. The SMILES string of the molecule is CCCCOP(=O)(OCCC#N)OC[C@H]1O[C@@H](n2ccc(N(C(=O)OC(C)(C)C)C(=O)OC(C)(C)C)nc2=O)C[C@@H]1OP(=O)(OCCC#N)OCCCC. The molecule has 1 fully saturated rings. The summed E-state index contributed by atoms with van der Waals surface area (Å²) in [6.45, 7) is 12.3. The van der Waals surface area contributed by atoms with Crippen molar-refractivity contribution in [3.8, 4) is 12.1 Å². The fourth-order valence-electron chi connectivity index (χ4n) is 4.34. The maximum atomic E-state index is 13.8. The first-order valence-electron chi connectivity index (χ1n) is 17.6. The summed E-state index contributed by atoms with van der Waals surface area (Å²) in [7, 11) is -8.60. The Kier molecular flexibility index (Phi) is 18.9. The smallest absolute Gasteiger partial charge is 0.443 e. The number of hydrogen-bond donors (Lipinski definition) is 0. The van der Waals surface area contributed by atoms with Crippen molar-refractivity contribution in [2.24, 2.45) is 0 Å². The van der Waals surface area contributed by atoms with E-state index in [0.717, 1.165) is 11.0 Å². The Morgan fingerprint density at radius 3 is 1.85 bits per heavy atom. The molecular formula is C33H53N5O14P2. The van der Waals surface area contributed by atoms with E-state index < -0.39 is 75.6 Å². The Hall–Kier alpha value is -3.22. The molecule has 0 aromatic carbocycles.